The summed E-state index contributed by atoms with van der Waals surface area (Å²) in [5.41, 5.74) is 0.742. The van der Waals surface area contributed by atoms with E-state index in [4.69, 9.17) is 9.47 Å². The molecule has 1 aliphatic carbocycles. The van der Waals surface area contributed by atoms with Crippen LogP contribution in [-0.4, -0.2) is 66.5 Å². The first-order valence-corrected chi connectivity index (χ1v) is 12.8. The van der Waals surface area contributed by atoms with Gasteiger partial charge in [0, 0.05) is 24.8 Å². The topological polar surface area (TPSA) is 129 Å². The number of carbonyl (C=O) groups is 4. The third kappa shape index (κ3) is 4.44. The lowest BCUT2D eigenvalue weighted by Gasteiger charge is -2.34. The molecule has 0 unspecified atom stereocenters. The van der Waals surface area contributed by atoms with Crippen molar-refractivity contribution in [3.8, 4) is 5.75 Å². The van der Waals surface area contributed by atoms with E-state index < -0.39 is 41.8 Å². The number of hydrogen-bond donors (Lipinski definition) is 3. The lowest BCUT2D eigenvalue weighted by molar-refractivity contribution is -0.143. The predicted octanol–water partition coefficient (Wildman–Crippen LogP) is 2.05. The SMILES string of the molecule is CNC(=O)Nc1ccc2c(c1)COC[C@]21NC(=O)N(CC(=O)N2Cc3cc(F)ccc3OC[C@H]2C2CC2)C1=O. The van der Waals surface area contributed by atoms with Crippen LogP contribution < -0.4 is 20.7 Å². The summed E-state index contributed by atoms with van der Waals surface area (Å²) in [5, 5.41) is 7.90. The fourth-order valence-electron chi connectivity index (χ4n) is 5.59. The Hall–Kier alpha value is -4.19. The Morgan fingerprint density at radius 1 is 1.15 bits per heavy atom. The van der Waals surface area contributed by atoms with Gasteiger partial charge in [-0.3, -0.25) is 14.5 Å². The number of amides is 6. The number of nitrogens with one attached hydrogen (secondary N) is 3. The van der Waals surface area contributed by atoms with Gasteiger partial charge in [-0.05, 0) is 60.2 Å². The van der Waals surface area contributed by atoms with Gasteiger partial charge in [-0.2, -0.15) is 0 Å². The van der Waals surface area contributed by atoms with Gasteiger partial charge < -0.3 is 30.3 Å². The van der Waals surface area contributed by atoms with E-state index in [1.54, 1.807) is 29.2 Å². The third-order valence-electron chi connectivity index (χ3n) is 7.75. The first-order valence-electron chi connectivity index (χ1n) is 12.8. The minimum atomic E-state index is -1.48. The number of ether oxygens (including phenoxy) is 2. The van der Waals surface area contributed by atoms with Gasteiger partial charge in [0.25, 0.3) is 5.91 Å². The highest BCUT2D eigenvalue weighted by atomic mass is 19.1. The van der Waals surface area contributed by atoms with Crippen molar-refractivity contribution in [1.82, 2.24) is 20.4 Å². The second-order valence-corrected chi connectivity index (χ2v) is 10.3. The number of imide groups is 1. The molecule has 39 heavy (non-hydrogen) atoms. The molecule has 204 valence electrons. The van der Waals surface area contributed by atoms with Crippen molar-refractivity contribution in [3.05, 3.63) is 58.9 Å². The number of hydrogen-bond acceptors (Lipinski definition) is 6. The number of urea groups is 2. The zero-order chi connectivity index (χ0) is 27.3. The molecule has 2 aromatic rings. The molecular formula is C27H28FN5O6. The van der Waals surface area contributed by atoms with E-state index in [0.717, 1.165) is 17.7 Å². The molecule has 4 aliphatic rings. The molecule has 1 saturated heterocycles. The summed E-state index contributed by atoms with van der Waals surface area (Å²) in [7, 11) is 1.50. The van der Waals surface area contributed by atoms with Gasteiger partial charge in [0.1, 0.15) is 24.7 Å². The van der Waals surface area contributed by atoms with E-state index in [9.17, 15) is 23.6 Å². The first-order chi connectivity index (χ1) is 18.8. The van der Waals surface area contributed by atoms with Crippen molar-refractivity contribution in [2.24, 2.45) is 5.92 Å². The maximum atomic E-state index is 14.0. The Balaban J connectivity index is 1.25. The smallest absolute Gasteiger partial charge is 0.325 e. The molecule has 11 nitrogen and oxygen atoms in total. The van der Waals surface area contributed by atoms with Gasteiger partial charge in [0.15, 0.2) is 5.54 Å². The average molecular weight is 538 g/mol. The molecule has 2 aromatic carbocycles. The van der Waals surface area contributed by atoms with Crippen LogP contribution in [0.4, 0.5) is 19.7 Å². The summed E-state index contributed by atoms with van der Waals surface area (Å²) in [6.45, 7) is 0.00919. The molecule has 2 fully saturated rings. The first kappa shape index (κ1) is 25.1. The number of benzene rings is 2. The quantitative estimate of drug-likeness (QED) is 0.512. The molecular weight excluding hydrogens is 509 g/mol. The van der Waals surface area contributed by atoms with Crippen LogP contribution in [0.1, 0.15) is 29.5 Å². The van der Waals surface area contributed by atoms with Crippen LogP contribution >= 0.6 is 0 Å². The van der Waals surface area contributed by atoms with Crippen molar-refractivity contribution in [3.63, 3.8) is 0 Å². The Morgan fingerprint density at radius 3 is 2.74 bits per heavy atom. The zero-order valence-electron chi connectivity index (χ0n) is 21.3. The van der Waals surface area contributed by atoms with Crippen LogP contribution in [0.25, 0.3) is 0 Å². The minimum Gasteiger partial charge on any atom is -0.491 e. The lowest BCUT2D eigenvalue weighted by Crippen LogP contribution is -2.52. The van der Waals surface area contributed by atoms with Crippen LogP contribution in [0.5, 0.6) is 5.75 Å². The fourth-order valence-corrected chi connectivity index (χ4v) is 5.59. The Morgan fingerprint density at radius 2 is 1.97 bits per heavy atom. The molecule has 0 aromatic heterocycles. The van der Waals surface area contributed by atoms with Gasteiger partial charge in [-0.1, -0.05) is 6.07 Å². The maximum absolute atomic E-state index is 14.0. The van der Waals surface area contributed by atoms with Crippen molar-refractivity contribution >= 4 is 29.6 Å². The molecule has 1 spiro atoms. The highest BCUT2D eigenvalue weighted by Crippen LogP contribution is 2.40. The van der Waals surface area contributed by atoms with Gasteiger partial charge in [0.2, 0.25) is 5.91 Å². The molecule has 3 N–H and O–H groups in total. The summed E-state index contributed by atoms with van der Waals surface area (Å²) in [6.07, 6.45) is 1.89. The number of carbonyl (C=O) groups excluding carboxylic acids is 4. The summed E-state index contributed by atoms with van der Waals surface area (Å²) >= 11 is 0. The standard InChI is InChI=1S/C27H28FN5O6/c1-29-25(36)30-19-5-6-20-17(9-19)12-38-14-27(20)24(35)33(26(37)31-27)11-23(34)32-10-16-8-18(28)4-7-22(16)39-13-21(32)15-2-3-15/h4-9,15,21H,2-3,10-14H2,1H3,(H,31,37)(H2,29,30,36)/t21-,27-/m0/s1. The van der Waals surface area contributed by atoms with E-state index in [2.05, 4.69) is 16.0 Å². The van der Waals surface area contributed by atoms with Crippen LogP contribution in [0.3, 0.4) is 0 Å². The van der Waals surface area contributed by atoms with Crippen molar-refractivity contribution in [2.75, 3.05) is 32.1 Å². The average Bonchev–Trinajstić information content (AvgIpc) is 3.74. The summed E-state index contributed by atoms with van der Waals surface area (Å²) in [4.78, 5) is 54.8. The highest BCUT2D eigenvalue weighted by Gasteiger charge is 2.55. The summed E-state index contributed by atoms with van der Waals surface area (Å²) in [5.74, 6) is -0.675. The molecule has 0 bridgehead atoms. The maximum Gasteiger partial charge on any atom is 0.325 e. The lowest BCUT2D eigenvalue weighted by atomic mass is 9.85. The Bertz CT molecular complexity index is 1380. The number of halogens is 1. The largest absolute Gasteiger partial charge is 0.491 e. The van der Waals surface area contributed by atoms with Gasteiger partial charge >= 0.3 is 12.1 Å². The minimum absolute atomic E-state index is 0.0909. The molecule has 2 atom stereocenters. The fraction of sp³-hybridized carbons (Fsp3) is 0.407. The molecule has 12 heteroatoms. The van der Waals surface area contributed by atoms with Crippen LogP contribution in [0, 0.1) is 11.7 Å². The number of nitrogens with zero attached hydrogens (tertiary/aromatic N) is 2. The Kier molecular flexibility index (Phi) is 6.13. The van der Waals surface area contributed by atoms with E-state index in [1.165, 1.54) is 19.2 Å². The molecule has 1 saturated carbocycles. The van der Waals surface area contributed by atoms with E-state index in [-0.39, 0.29) is 38.3 Å². The van der Waals surface area contributed by atoms with Crippen molar-refractivity contribution in [1.29, 1.82) is 0 Å². The molecule has 0 radical (unpaired) electrons. The second kappa shape index (κ2) is 9.53. The van der Waals surface area contributed by atoms with Crippen LogP contribution in [-0.2, 0) is 33.0 Å². The Labute approximate surface area is 223 Å². The number of rotatable bonds is 4. The normalized spacial score (nSPS) is 23.9. The molecule has 6 rings (SSSR count). The molecule has 3 aliphatic heterocycles. The third-order valence-corrected chi connectivity index (χ3v) is 7.75. The van der Waals surface area contributed by atoms with Crippen LogP contribution in [0.15, 0.2) is 36.4 Å². The molecule has 3 heterocycles. The second-order valence-electron chi connectivity index (χ2n) is 10.3. The number of anilines is 1. The van der Waals surface area contributed by atoms with Gasteiger partial charge in [-0.15, -0.1) is 0 Å². The highest BCUT2D eigenvalue weighted by molar-refractivity contribution is 6.10. The number of fused-ring (bicyclic) bond motifs is 3. The molecule has 6 amide bonds. The van der Waals surface area contributed by atoms with Crippen molar-refractivity contribution in [2.45, 2.75) is 37.6 Å². The summed E-state index contributed by atoms with van der Waals surface area (Å²) < 4.78 is 25.6. The van der Waals surface area contributed by atoms with Crippen molar-refractivity contribution < 1.29 is 33.0 Å². The van der Waals surface area contributed by atoms with E-state index >= 15 is 0 Å². The summed E-state index contributed by atoms with van der Waals surface area (Å²) in [6, 6.07) is 7.88. The van der Waals surface area contributed by atoms with Crippen LogP contribution in [0.2, 0.25) is 0 Å². The van der Waals surface area contributed by atoms with E-state index in [1.807, 2.05) is 0 Å². The zero-order valence-corrected chi connectivity index (χ0v) is 21.3. The van der Waals surface area contributed by atoms with E-state index in [0.29, 0.717) is 28.1 Å². The predicted molar refractivity (Wildman–Crippen MR) is 135 cm³/mol. The van der Waals surface area contributed by atoms with Gasteiger partial charge in [0.05, 0.1) is 19.3 Å². The van der Waals surface area contributed by atoms with Gasteiger partial charge in [-0.25, -0.2) is 14.0 Å². The monoisotopic (exact) mass is 537 g/mol.